The van der Waals surface area contributed by atoms with E-state index >= 15 is 0 Å². The van der Waals surface area contributed by atoms with Crippen molar-refractivity contribution in [1.29, 1.82) is 0 Å². The summed E-state index contributed by atoms with van der Waals surface area (Å²) >= 11 is 0. The molecule has 1 rings (SSSR count). The van der Waals surface area contributed by atoms with Crippen LogP contribution >= 0.6 is 0 Å². The number of ether oxygens (including phenoxy) is 2. The van der Waals surface area contributed by atoms with Crippen LogP contribution in [0.4, 0.5) is 11.8 Å². The van der Waals surface area contributed by atoms with Gasteiger partial charge in [0.2, 0.25) is 5.95 Å². The zero-order valence-corrected chi connectivity index (χ0v) is 13.7. The Morgan fingerprint density at radius 2 is 1.67 bits per heavy atom. The number of anilines is 2. The lowest BCUT2D eigenvalue weighted by Gasteiger charge is -2.24. The number of nitrogens with zero attached hydrogens (tertiary/aromatic N) is 3. The third-order valence-electron chi connectivity index (χ3n) is 2.92. The van der Waals surface area contributed by atoms with Crippen molar-refractivity contribution < 1.29 is 9.47 Å². The predicted molar refractivity (Wildman–Crippen MR) is 86.1 cm³/mol. The minimum atomic E-state index is 0.672. The zero-order valence-electron chi connectivity index (χ0n) is 13.7. The van der Waals surface area contributed by atoms with Crippen molar-refractivity contribution in [3.63, 3.8) is 0 Å². The summed E-state index contributed by atoms with van der Waals surface area (Å²) < 4.78 is 10.9. The molecule has 0 fully saturated rings. The average Bonchev–Trinajstić information content (AvgIpc) is 2.46. The molecule has 1 aromatic heterocycles. The van der Waals surface area contributed by atoms with E-state index in [0.29, 0.717) is 19.2 Å². The van der Waals surface area contributed by atoms with Crippen LogP contribution in [0.3, 0.4) is 0 Å². The molecular formula is C15H28N4O2. The molecule has 0 aliphatic heterocycles. The highest BCUT2D eigenvalue weighted by molar-refractivity contribution is 5.44. The van der Waals surface area contributed by atoms with Crippen LogP contribution in [-0.4, -0.2) is 56.0 Å². The normalized spacial score (nSPS) is 10.7. The molecule has 0 bridgehead atoms. The van der Waals surface area contributed by atoms with Crippen molar-refractivity contribution >= 4 is 11.8 Å². The molecule has 0 unspecified atom stereocenters. The maximum absolute atomic E-state index is 5.46. The number of aromatic nitrogens is 2. The van der Waals surface area contributed by atoms with Crippen LogP contribution in [0.2, 0.25) is 0 Å². The van der Waals surface area contributed by atoms with Gasteiger partial charge in [0, 0.05) is 44.6 Å². The Labute approximate surface area is 127 Å². The molecule has 0 atom stereocenters. The van der Waals surface area contributed by atoms with Gasteiger partial charge >= 0.3 is 0 Å². The van der Waals surface area contributed by atoms with Gasteiger partial charge in [0.25, 0.3) is 0 Å². The SMILES string of the molecule is CCNc1nc(C)cc(N(CCOCC)CCOCC)n1. The lowest BCUT2D eigenvalue weighted by molar-refractivity contribution is 0.141. The summed E-state index contributed by atoms with van der Waals surface area (Å²) in [5.74, 6) is 1.59. The van der Waals surface area contributed by atoms with Gasteiger partial charge in [0.1, 0.15) is 5.82 Å². The summed E-state index contributed by atoms with van der Waals surface area (Å²) in [7, 11) is 0. The smallest absolute Gasteiger partial charge is 0.224 e. The van der Waals surface area contributed by atoms with Crippen molar-refractivity contribution in [3.05, 3.63) is 11.8 Å². The zero-order chi connectivity index (χ0) is 15.5. The first kappa shape index (κ1) is 17.7. The standard InChI is InChI=1S/C15H28N4O2/c1-5-16-15-17-13(4)12-14(18-15)19(8-10-20-6-2)9-11-21-7-3/h12H,5-11H2,1-4H3,(H,16,17,18). The number of rotatable bonds is 11. The molecule has 0 spiro atoms. The van der Waals surface area contributed by atoms with Crippen LogP contribution in [0.25, 0.3) is 0 Å². The molecule has 21 heavy (non-hydrogen) atoms. The summed E-state index contributed by atoms with van der Waals surface area (Å²) in [6, 6.07) is 2.00. The van der Waals surface area contributed by atoms with E-state index in [1.807, 2.05) is 33.8 Å². The van der Waals surface area contributed by atoms with E-state index in [4.69, 9.17) is 9.47 Å². The molecule has 0 amide bonds. The Balaban J connectivity index is 2.78. The summed E-state index contributed by atoms with van der Waals surface area (Å²) in [4.78, 5) is 11.1. The maximum Gasteiger partial charge on any atom is 0.224 e. The van der Waals surface area contributed by atoms with Gasteiger partial charge in [-0.3, -0.25) is 0 Å². The monoisotopic (exact) mass is 296 g/mol. The van der Waals surface area contributed by atoms with Gasteiger partial charge in [-0.25, -0.2) is 4.98 Å². The van der Waals surface area contributed by atoms with E-state index in [9.17, 15) is 0 Å². The van der Waals surface area contributed by atoms with E-state index in [1.54, 1.807) is 0 Å². The van der Waals surface area contributed by atoms with E-state index in [1.165, 1.54) is 0 Å². The molecule has 0 aromatic carbocycles. The molecular weight excluding hydrogens is 268 g/mol. The molecule has 1 N–H and O–H groups in total. The summed E-state index contributed by atoms with van der Waals surface area (Å²) in [5, 5.41) is 3.17. The lowest BCUT2D eigenvalue weighted by atomic mass is 10.3. The second kappa shape index (κ2) is 10.3. The van der Waals surface area contributed by atoms with E-state index in [2.05, 4.69) is 20.2 Å². The molecule has 6 heteroatoms. The summed E-state index contributed by atoms with van der Waals surface area (Å²) in [6.45, 7) is 13.2. The Hall–Kier alpha value is -1.40. The second-order valence-electron chi connectivity index (χ2n) is 4.60. The van der Waals surface area contributed by atoms with Crippen LogP contribution in [0.5, 0.6) is 0 Å². The van der Waals surface area contributed by atoms with Gasteiger partial charge in [-0.1, -0.05) is 0 Å². The lowest BCUT2D eigenvalue weighted by Crippen LogP contribution is -2.32. The molecule has 0 saturated heterocycles. The van der Waals surface area contributed by atoms with E-state index in [0.717, 1.165) is 44.4 Å². The van der Waals surface area contributed by atoms with Crippen molar-refractivity contribution in [3.8, 4) is 0 Å². The Morgan fingerprint density at radius 1 is 1.05 bits per heavy atom. The third-order valence-corrected chi connectivity index (χ3v) is 2.92. The first-order valence-corrected chi connectivity index (χ1v) is 7.71. The first-order valence-electron chi connectivity index (χ1n) is 7.71. The highest BCUT2D eigenvalue weighted by Gasteiger charge is 2.10. The fourth-order valence-corrected chi connectivity index (χ4v) is 1.93. The second-order valence-corrected chi connectivity index (χ2v) is 4.60. The van der Waals surface area contributed by atoms with Crippen LogP contribution in [0.15, 0.2) is 6.07 Å². The topological polar surface area (TPSA) is 59.5 Å². The van der Waals surface area contributed by atoms with Crippen molar-refractivity contribution in [2.45, 2.75) is 27.7 Å². The van der Waals surface area contributed by atoms with Crippen LogP contribution in [-0.2, 0) is 9.47 Å². The minimum Gasteiger partial charge on any atom is -0.380 e. The number of hydrogen-bond donors (Lipinski definition) is 1. The number of hydrogen-bond acceptors (Lipinski definition) is 6. The van der Waals surface area contributed by atoms with Crippen molar-refractivity contribution in [2.75, 3.05) is 56.3 Å². The largest absolute Gasteiger partial charge is 0.380 e. The van der Waals surface area contributed by atoms with Crippen LogP contribution < -0.4 is 10.2 Å². The fraction of sp³-hybridized carbons (Fsp3) is 0.733. The van der Waals surface area contributed by atoms with E-state index in [-0.39, 0.29) is 0 Å². The number of nitrogens with one attached hydrogen (secondary N) is 1. The summed E-state index contributed by atoms with van der Waals surface area (Å²) in [6.07, 6.45) is 0. The van der Waals surface area contributed by atoms with Gasteiger partial charge in [0.15, 0.2) is 0 Å². The Kier molecular flexibility index (Phi) is 8.69. The van der Waals surface area contributed by atoms with Gasteiger partial charge in [-0.15, -0.1) is 0 Å². The molecule has 6 nitrogen and oxygen atoms in total. The molecule has 0 aliphatic carbocycles. The van der Waals surface area contributed by atoms with Crippen LogP contribution in [0.1, 0.15) is 26.5 Å². The molecule has 0 radical (unpaired) electrons. The Morgan fingerprint density at radius 3 is 2.19 bits per heavy atom. The minimum absolute atomic E-state index is 0.672. The molecule has 120 valence electrons. The van der Waals surface area contributed by atoms with Crippen molar-refractivity contribution in [1.82, 2.24) is 9.97 Å². The average molecular weight is 296 g/mol. The summed E-state index contributed by atoms with van der Waals surface area (Å²) in [5.41, 5.74) is 0.953. The molecule has 0 saturated carbocycles. The first-order chi connectivity index (χ1) is 10.2. The van der Waals surface area contributed by atoms with E-state index < -0.39 is 0 Å². The van der Waals surface area contributed by atoms with Gasteiger partial charge in [-0.2, -0.15) is 4.98 Å². The Bertz CT molecular complexity index is 391. The number of aryl methyl sites for hydroxylation is 1. The predicted octanol–water partition coefficient (Wildman–Crippen LogP) is 2.10. The fourth-order valence-electron chi connectivity index (χ4n) is 1.93. The van der Waals surface area contributed by atoms with Gasteiger partial charge in [0.05, 0.1) is 13.2 Å². The quantitative estimate of drug-likeness (QED) is 0.631. The maximum atomic E-state index is 5.46. The molecule has 1 heterocycles. The highest BCUT2D eigenvalue weighted by atomic mass is 16.5. The molecule has 1 aromatic rings. The third kappa shape index (κ3) is 6.73. The van der Waals surface area contributed by atoms with Gasteiger partial charge < -0.3 is 19.7 Å². The van der Waals surface area contributed by atoms with Gasteiger partial charge in [-0.05, 0) is 27.7 Å². The highest BCUT2D eigenvalue weighted by Crippen LogP contribution is 2.14. The van der Waals surface area contributed by atoms with Crippen molar-refractivity contribution in [2.24, 2.45) is 0 Å². The van der Waals surface area contributed by atoms with Crippen LogP contribution in [0, 0.1) is 6.92 Å². The molecule has 0 aliphatic rings.